The molecule has 0 unspecified atom stereocenters. The van der Waals surface area contributed by atoms with Crippen LogP contribution in [-0.4, -0.2) is 19.2 Å². The number of aryl methyl sites for hydroxylation is 2. The lowest BCUT2D eigenvalue weighted by molar-refractivity contribution is 0.475. The number of hydrogen-bond acceptors (Lipinski definition) is 2. The first-order valence-corrected chi connectivity index (χ1v) is 6.20. The second-order valence-electron chi connectivity index (χ2n) is 4.70. The van der Waals surface area contributed by atoms with Gasteiger partial charge in [-0.25, -0.2) is 0 Å². The van der Waals surface area contributed by atoms with E-state index in [2.05, 4.69) is 30.3 Å². The molecule has 0 atom stereocenters. The Bertz CT molecular complexity index is 506. The van der Waals surface area contributed by atoms with Crippen LogP contribution in [0.2, 0.25) is 0 Å². The summed E-state index contributed by atoms with van der Waals surface area (Å²) >= 11 is 0. The van der Waals surface area contributed by atoms with Crippen LogP contribution in [0.4, 0.5) is 5.69 Å². The summed E-state index contributed by atoms with van der Waals surface area (Å²) in [6.45, 7) is 0. The number of phenols is 1. The minimum Gasteiger partial charge on any atom is -0.506 e. The Kier molecular flexibility index (Phi) is 3.88. The quantitative estimate of drug-likeness (QED) is 0.888. The largest absolute Gasteiger partial charge is 0.506 e. The molecule has 0 spiro atoms. The van der Waals surface area contributed by atoms with Gasteiger partial charge in [0.15, 0.2) is 0 Å². The van der Waals surface area contributed by atoms with Crippen LogP contribution in [0.15, 0.2) is 48.5 Å². The van der Waals surface area contributed by atoms with Crippen LogP contribution in [-0.2, 0) is 12.8 Å². The van der Waals surface area contributed by atoms with Gasteiger partial charge >= 0.3 is 0 Å². The van der Waals surface area contributed by atoms with Crippen LogP contribution < -0.4 is 4.90 Å². The molecule has 0 aliphatic rings. The van der Waals surface area contributed by atoms with E-state index in [1.807, 2.05) is 37.2 Å². The maximum atomic E-state index is 9.92. The van der Waals surface area contributed by atoms with Crippen molar-refractivity contribution >= 4 is 5.69 Å². The van der Waals surface area contributed by atoms with Gasteiger partial charge in [0.05, 0.1) is 5.69 Å². The molecular formula is C16H19NO. The summed E-state index contributed by atoms with van der Waals surface area (Å²) in [5, 5.41) is 9.92. The number of nitrogens with zero attached hydrogens (tertiary/aromatic N) is 1. The molecule has 94 valence electrons. The molecule has 0 aromatic heterocycles. The van der Waals surface area contributed by atoms with E-state index in [9.17, 15) is 5.11 Å². The minimum atomic E-state index is 0.352. The van der Waals surface area contributed by atoms with Crippen molar-refractivity contribution in [3.8, 4) is 5.75 Å². The molecule has 2 aromatic rings. The van der Waals surface area contributed by atoms with E-state index in [0.29, 0.717) is 5.75 Å². The molecule has 0 amide bonds. The van der Waals surface area contributed by atoms with Crippen LogP contribution in [0.5, 0.6) is 5.75 Å². The third-order valence-corrected chi connectivity index (χ3v) is 3.07. The summed E-state index contributed by atoms with van der Waals surface area (Å²) < 4.78 is 0. The van der Waals surface area contributed by atoms with Crippen molar-refractivity contribution in [2.75, 3.05) is 19.0 Å². The van der Waals surface area contributed by atoms with E-state index >= 15 is 0 Å². The Balaban J connectivity index is 2.05. The monoisotopic (exact) mass is 241 g/mol. The molecule has 2 rings (SSSR count). The van der Waals surface area contributed by atoms with Gasteiger partial charge in [-0.15, -0.1) is 0 Å². The molecule has 2 heteroatoms. The molecule has 0 aliphatic heterocycles. The van der Waals surface area contributed by atoms with Gasteiger partial charge in [-0.3, -0.25) is 0 Å². The zero-order valence-electron chi connectivity index (χ0n) is 10.9. The molecule has 2 aromatic carbocycles. The van der Waals surface area contributed by atoms with Crippen molar-refractivity contribution in [2.24, 2.45) is 0 Å². The van der Waals surface area contributed by atoms with E-state index in [0.717, 1.165) is 18.5 Å². The Morgan fingerprint density at radius 2 is 1.56 bits per heavy atom. The van der Waals surface area contributed by atoms with E-state index in [1.54, 1.807) is 0 Å². The molecule has 0 aliphatic carbocycles. The first-order chi connectivity index (χ1) is 8.66. The highest BCUT2D eigenvalue weighted by Gasteiger charge is 2.04. The highest BCUT2D eigenvalue weighted by atomic mass is 16.3. The maximum absolute atomic E-state index is 9.92. The molecule has 0 heterocycles. The lowest BCUT2D eigenvalue weighted by Crippen LogP contribution is -2.08. The van der Waals surface area contributed by atoms with Crippen LogP contribution >= 0.6 is 0 Å². The van der Waals surface area contributed by atoms with Crippen molar-refractivity contribution in [1.82, 2.24) is 0 Å². The average molecular weight is 241 g/mol. The Labute approximate surface area is 109 Å². The summed E-state index contributed by atoms with van der Waals surface area (Å²) in [6, 6.07) is 16.3. The summed E-state index contributed by atoms with van der Waals surface area (Å²) in [4.78, 5) is 1.91. The fourth-order valence-electron chi connectivity index (χ4n) is 2.04. The molecule has 0 saturated carbocycles. The fourth-order valence-corrected chi connectivity index (χ4v) is 2.04. The van der Waals surface area contributed by atoms with Gasteiger partial charge < -0.3 is 10.0 Å². The van der Waals surface area contributed by atoms with Crippen molar-refractivity contribution in [3.63, 3.8) is 0 Å². The Morgan fingerprint density at radius 1 is 0.889 bits per heavy atom. The average Bonchev–Trinajstić information content (AvgIpc) is 2.37. The predicted octanol–water partition coefficient (Wildman–Crippen LogP) is 3.24. The lowest BCUT2D eigenvalue weighted by Gasteiger charge is -2.15. The van der Waals surface area contributed by atoms with Crippen LogP contribution in [0.3, 0.4) is 0 Å². The van der Waals surface area contributed by atoms with Gasteiger partial charge in [-0.05, 0) is 36.1 Å². The standard InChI is InChI=1S/C16H19NO/c1-17(2)15-11-10-14(12-16(15)18)9-8-13-6-4-3-5-7-13/h3-7,10-12,18H,8-9H2,1-2H3. The summed E-state index contributed by atoms with van der Waals surface area (Å²) in [6.07, 6.45) is 1.95. The second kappa shape index (κ2) is 5.58. The minimum absolute atomic E-state index is 0.352. The predicted molar refractivity (Wildman–Crippen MR) is 76.3 cm³/mol. The van der Waals surface area contributed by atoms with Crippen molar-refractivity contribution in [2.45, 2.75) is 12.8 Å². The molecule has 2 nitrogen and oxygen atoms in total. The van der Waals surface area contributed by atoms with Crippen LogP contribution in [0, 0.1) is 0 Å². The molecular weight excluding hydrogens is 222 g/mol. The van der Waals surface area contributed by atoms with E-state index in [1.165, 1.54) is 11.1 Å². The van der Waals surface area contributed by atoms with Gasteiger partial charge in [-0.1, -0.05) is 36.4 Å². The number of aromatic hydroxyl groups is 1. The summed E-state index contributed by atoms with van der Waals surface area (Å²) in [5.41, 5.74) is 3.36. The third-order valence-electron chi connectivity index (χ3n) is 3.07. The van der Waals surface area contributed by atoms with Crippen LogP contribution in [0.1, 0.15) is 11.1 Å². The SMILES string of the molecule is CN(C)c1ccc(CCc2ccccc2)cc1O. The molecule has 0 bridgehead atoms. The van der Waals surface area contributed by atoms with E-state index in [4.69, 9.17) is 0 Å². The Hall–Kier alpha value is -1.96. The first kappa shape index (κ1) is 12.5. The number of anilines is 1. The van der Waals surface area contributed by atoms with Gasteiger partial charge in [0.25, 0.3) is 0 Å². The number of rotatable bonds is 4. The number of phenolic OH excluding ortho intramolecular Hbond substituents is 1. The smallest absolute Gasteiger partial charge is 0.139 e. The van der Waals surface area contributed by atoms with Gasteiger partial charge in [0.2, 0.25) is 0 Å². The van der Waals surface area contributed by atoms with E-state index < -0.39 is 0 Å². The Morgan fingerprint density at radius 3 is 2.17 bits per heavy atom. The van der Waals surface area contributed by atoms with Gasteiger partial charge in [0.1, 0.15) is 5.75 Å². The molecule has 1 N–H and O–H groups in total. The van der Waals surface area contributed by atoms with Gasteiger partial charge in [0, 0.05) is 14.1 Å². The molecule has 0 fully saturated rings. The zero-order chi connectivity index (χ0) is 13.0. The summed E-state index contributed by atoms with van der Waals surface area (Å²) in [5.74, 6) is 0.352. The van der Waals surface area contributed by atoms with Gasteiger partial charge in [-0.2, -0.15) is 0 Å². The molecule has 0 saturated heterocycles. The summed E-state index contributed by atoms with van der Waals surface area (Å²) in [7, 11) is 3.86. The second-order valence-corrected chi connectivity index (χ2v) is 4.70. The first-order valence-electron chi connectivity index (χ1n) is 6.20. The van der Waals surface area contributed by atoms with Crippen molar-refractivity contribution < 1.29 is 5.11 Å². The number of hydrogen-bond donors (Lipinski definition) is 1. The van der Waals surface area contributed by atoms with Crippen molar-refractivity contribution in [1.29, 1.82) is 0 Å². The third kappa shape index (κ3) is 3.04. The van der Waals surface area contributed by atoms with Crippen molar-refractivity contribution in [3.05, 3.63) is 59.7 Å². The maximum Gasteiger partial charge on any atom is 0.139 e. The highest BCUT2D eigenvalue weighted by molar-refractivity contribution is 5.58. The highest BCUT2D eigenvalue weighted by Crippen LogP contribution is 2.26. The van der Waals surface area contributed by atoms with E-state index in [-0.39, 0.29) is 0 Å². The number of benzene rings is 2. The normalized spacial score (nSPS) is 10.3. The fraction of sp³-hybridized carbons (Fsp3) is 0.250. The van der Waals surface area contributed by atoms with Crippen LogP contribution in [0.25, 0.3) is 0 Å². The topological polar surface area (TPSA) is 23.5 Å². The molecule has 0 radical (unpaired) electrons. The lowest BCUT2D eigenvalue weighted by atomic mass is 10.0. The molecule has 18 heavy (non-hydrogen) atoms. The zero-order valence-corrected chi connectivity index (χ0v) is 10.9.